The number of hydrogen-bond donors (Lipinski definition) is 0. The zero-order valence-electron chi connectivity index (χ0n) is 19.9. The number of benzene rings is 4. The molecule has 0 saturated carbocycles. The molecule has 0 saturated heterocycles. The van der Waals surface area contributed by atoms with E-state index >= 15 is 0 Å². The van der Waals surface area contributed by atoms with Gasteiger partial charge in [-0.1, -0.05) is 48.5 Å². The zero-order valence-corrected chi connectivity index (χ0v) is 19.9. The fraction of sp³-hybridized carbons (Fsp3) is 0.0714. The minimum Gasteiger partial charge on any atom is -0.303 e. The third kappa shape index (κ3) is 4.58. The molecule has 0 spiro atoms. The van der Waals surface area contributed by atoms with Crippen molar-refractivity contribution in [3.05, 3.63) is 140 Å². The highest BCUT2D eigenvalue weighted by Crippen LogP contribution is 2.34. The Morgan fingerprint density at radius 3 is 1.21 bits per heavy atom. The fourth-order valence-corrected chi connectivity index (χ4v) is 4.41. The van der Waals surface area contributed by atoms with Gasteiger partial charge in [0.2, 0.25) is 0 Å². The minimum atomic E-state index is -0.491. The Hall–Kier alpha value is -5.38. The Morgan fingerprint density at radius 1 is 0.526 bits per heavy atom. The summed E-state index contributed by atoms with van der Waals surface area (Å²) in [4.78, 5) is 52.0. The molecular weight excluding hydrogens is 488 g/mol. The van der Waals surface area contributed by atoms with E-state index in [9.17, 15) is 29.8 Å². The summed E-state index contributed by atoms with van der Waals surface area (Å²) in [6, 6.07) is 25.4. The van der Waals surface area contributed by atoms with Crippen LogP contribution in [0.1, 0.15) is 31.8 Å². The van der Waals surface area contributed by atoms with Gasteiger partial charge in [0.1, 0.15) is 0 Å². The predicted octanol–water partition coefficient (Wildman–Crippen LogP) is 5.51. The van der Waals surface area contributed by atoms with Gasteiger partial charge in [-0.15, -0.1) is 0 Å². The molecule has 0 bridgehead atoms. The number of carbonyl (C=O) groups excluding carboxylic acids is 2. The number of nitro groups is 2. The molecule has 0 aliphatic carbocycles. The highest BCUT2D eigenvalue weighted by atomic mass is 16.6. The molecule has 5 rings (SSSR count). The van der Waals surface area contributed by atoms with Crippen molar-refractivity contribution in [2.24, 2.45) is 0 Å². The first-order valence-corrected chi connectivity index (χ1v) is 11.6. The van der Waals surface area contributed by atoms with Crippen molar-refractivity contribution in [3.63, 3.8) is 0 Å². The summed E-state index contributed by atoms with van der Waals surface area (Å²) in [7, 11) is 0. The van der Waals surface area contributed by atoms with Gasteiger partial charge in [0.25, 0.3) is 23.2 Å². The number of hydrogen-bond acceptors (Lipinski definition) is 6. The number of fused-ring (bicyclic) bond motifs is 2. The Balaban J connectivity index is 1.58. The molecule has 10 heteroatoms. The first kappa shape index (κ1) is 24.3. The number of rotatable bonds is 6. The number of carbonyl (C=O) groups is 2. The number of anilines is 2. The summed E-state index contributed by atoms with van der Waals surface area (Å²) in [6.45, 7) is 0.190. The maximum atomic E-state index is 14.0. The SMILES string of the molecule is O=C1c2ccccc2N(Cc2ccc([N+](=O)[O-])cc2)C(=O)c2ccccc2N1Cc1ccc([N+](=O)[O-])cc1. The van der Waals surface area contributed by atoms with Gasteiger partial charge in [0.05, 0.1) is 45.4 Å². The lowest BCUT2D eigenvalue weighted by Gasteiger charge is -2.33. The lowest BCUT2D eigenvalue weighted by Crippen LogP contribution is -2.40. The maximum absolute atomic E-state index is 14.0. The standard InChI is InChI=1S/C28H20N4O6/c33-27-23-5-1-3-7-25(23)29(17-19-9-13-21(14-10-19)31(35)36)28(34)24-6-2-4-8-26(24)30(27)18-20-11-15-22(16-12-20)32(37)38/h1-16H,17-18H2. The first-order valence-electron chi connectivity index (χ1n) is 11.6. The van der Waals surface area contributed by atoms with E-state index in [2.05, 4.69) is 0 Å². The van der Waals surface area contributed by atoms with Crippen molar-refractivity contribution in [1.29, 1.82) is 0 Å². The summed E-state index contributed by atoms with van der Waals surface area (Å²) in [5.74, 6) is -0.680. The Kier molecular flexibility index (Phi) is 6.36. The molecule has 0 radical (unpaired) electrons. The van der Waals surface area contributed by atoms with Crippen LogP contribution in [0.15, 0.2) is 97.1 Å². The monoisotopic (exact) mass is 508 g/mol. The van der Waals surface area contributed by atoms with Gasteiger partial charge in [-0.2, -0.15) is 0 Å². The molecule has 10 nitrogen and oxygen atoms in total. The number of para-hydroxylation sites is 2. The molecule has 0 aromatic heterocycles. The Bertz CT molecular complexity index is 1450. The predicted molar refractivity (Wildman–Crippen MR) is 140 cm³/mol. The third-order valence-electron chi connectivity index (χ3n) is 6.32. The molecule has 2 amide bonds. The van der Waals surface area contributed by atoms with E-state index in [1.54, 1.807) is 72.8 Å². The lowest BCUT2D eigenvalue weighted by molar-refractivity contribution is -0.385. The average molecular weight is 508 g/mol. The van der Waals surface area contributed by atoms with E-state index in [1.807, 2.05) is 0 Å². The van der Waals surface area contributed by atoms with Crippen LogP contribution in [0.25, 0.3) is 0 Å². The van der Waals surface area contributed by atoms with Gasteiger partial charge < -0.3 is 9.80 Å². The van der Waals surface area contributed by atoms with E-state index in [4.69, 9.17) is 0 Å². The summed E-state index contributed by atoms with van der Waals surface area (Å²) in [5, 5.41) is 22.1. The third-order valence-corrected chi connectivity index (χ3v) is 6.32. The van der Waals surface area contributed by atoms with Gasteiger partial charge in [-0.3, -0.25) is 29.8 Å². The van der Waals surface area contributed by atoms with Crippen molar-refractivity contribution in [2.45, 2.75) is 13.1 Å². The molecule has 4 aromatic carbocycles. The van der Waals surface area contributed by atoms with Crippen molar-refractivity contribution < 1.29 is 19.4 Å². The van der Waals surface area contributed by atoms with Crippen LogP contribution in [0.2, 0.25) is 0 Å². The lowest BCUT2D eigenvalue weighted by atomic mass is 10.0. The van der Waals surface area contributed by atoms with E-state index in [0.717, 1.165) is 0 Å². The quantitative estimate of drug-likeness (QED) is 0.250. The molecule has 1 aliphatic heterocycles. The zero-order chi connectivity index (χ0) is 26.8. The number of nitro benzene ring substituents is 2. The molecule has 38 heavy (non-hydrogen) atoms. The largest absolute Gasteiger partial charge is 0.303 e. The second-order valence-electron chi connectivity index (χ2n) is 8.66. The highest BCUT2D eigenvalue weighted by Gasteiger charge is 2.32. The minimum absolute atomic E-state index is 0.0597. The normalized spacial score (nSPS) is 12.8. The second-order valence-corrected chi connectivity index (χ2v) is 8.66. The van der Waals surface area contributed by atoms with E-state index in [1.165, 1.54) is 34.1 Å². The molecule has 4 aromatic rings. The molecular formula is C28H20N4O6. The number of nitrogens with zero attached hydrogens (tertiary/aromatic N) is 4. The van der Waals surface area contributed by atoms with E-state index < -0.39 is 9.85 Å². The second kappa shape index (κ2) is 9.94. The van der Waals surface area contributed by atoms with Crippen LogP contribution in [-0.4, -0.2) is 21.7 Å². The first-order chi connectivity index (χ1) is 18.3. The highest BCUT2D eigenvalue weighted by molar-refractivity contribution is 6.20. The molecule has 1 aliphatic rings. The van der Waals surface area contributed by atoms with Crippen LogP contribution in [-0.2, 0) is 13.1 Å². The van der Waals surface area contributed by atoms with Crippen LogP contribution in [0.3, 0.4) is 0 Å². The molecule has 1 heterocycles. The topological polar surface area (TPSA) is 127 Å². The number of non-ortho nitro benzene ring substituents is 2. The van der Waals surface area contributed by atoms with Gasteiger partial charge in [0, 0.05) is 24.3 Å². The van der Waals surface area contributed by atoms with Gasteiger partial charge in [0.15, 0.2) is 0 Å². The van der Waals surface area contributed by atoms with Crippen LogP contribution in [0.5, 0.6) is 0 Å². The van der Waals surface area contributed by atoms with E-state index in [0.29, 0.717) is 33.6 Å². The van der Waals surface area contributed by atoms with Crippen LogP contribution < -0.4 is 9.80 Å². The van der Waals surface area contributed by atoms with Crippen LogP contribution in [0.4, 0.5) is 22.7 Å². The summed E-state index contributed by atoms with van der Waals surface area (Å²) >= 11 is 0. The van der Waals surface area contributed by atoms with E-state index in [-0.39, 0.29) is 36.3 Å². The van der Waals surface area contributed by atoms with Gasteiger partial charge >= 0.3 is 0 Å². The molecule has 0 N–H and O–H groups in total. The number of amides is 2. The van der Waals surface area contributed by atoms with Crippen molar-refractivity contribution >= 4 is 34.6 Å². The Morgan fingerprint density at radius 2 is 0.868 bits per heavy atom. The van der Waals surface area contributed by atoms with Gasteiger partial charge in [-0.25, -0.2) is 0 Å². The van der Waals surface area contributed by atoms with Gasteiger partial charge in [-0.05, 0) is 35.4 Å². The average Bonchev–Trinajstić information content (AvgIpc) is 2.94. The van der Waals surface area contributed by atoms with Crippen molar-refractivity contribution in [1.82, 2.24) is 0 Å². The van der Waals surface area contributed by atoms with Crippen LogP contribution >= 0.6 is 0 Å². The molecule has 188 valence electrons. The molecule has 0 atom stereocenters. The van der Waals surface area contributed by atoms with Crippen LogP contribution in [0, 0.1) is 20.2 Å². The maximum Gasteiger partial charge on any atom is 0.269 e. The Labute approximate surface area is 216 Å². The summed E-state index contributed by atoms with van der Waals surface area (Å²) in [6.07, 6.45) is 0. The van der Waals surface area contributed by atoms with Crippen molar-refractivity contribution in [3.8, 4) is 0 Å². The summed E-state index contributed by atoms with van der Waals surface area (Å²) in [5.41, 5.74) is 2.62. The fourth-order valence-electron chi connectivity index (χ4n) is 4.41. The smallest absolute Gasteiger partial charge is 0.269 e. The van der Waals surface area contributed by atoms with Crippen molar-refractivity contribution in [2.75, 3.05) is 9.80 Å². The summed E-state index contributed by atoms with van der Waals surface area (Å²) < 4.78 is 0. The molecule has 0 unspecified atom stereocenters. The molecule has 0 fully saturated rings.